The molecule has 0 aliphatic carbocycles. The highest BCUT2D eigenvalue weighted by Crippen LogP contribution is 2.17. The molecule has 1 rings (SSSR count). The zero-order valence-corrected chi connectivity index (χ0v) is 12.6. The van der Waals surface area contributed by atoms with Gasteiger partial charge < -0.3 is 10.2 Å². The maximum atomic E-state index is 3.37. The van der Waals surface area contributed by atoms with Crippen LogP contribution < -0.4 is 5.32 Å². The molecule has 0 radical (unpaired) electrons. The van der Waals surface area contributed by atoms with E-state index < -0.39 is 0 Å². The average molecular weight is 248 g/mol. The molecule has 0 spiro atoms. The maximum Gasteiger partial charge on any atom is 0.0104 e. The van der Waals surface area contributed by atoms with Gasteiger partial charge in [-0.15, -0.1) is 0 Å². The van der Waals surface area contributed by atoms with Gasteiger partial charge in [-0.05, 0) is 57.5 Å². The van der Waals surface area contributed by atoms with E-state index >= 15 is 0 Å². The van der Waals surface area contributed by atoms with Crippen molar-refractivity contribution in [3.8, 4) is 0 Å². The Morgan fingerprint density at radius 3 is 2.22 bits per heavy atom. The molecule has 1 aromatic rings. The minimum atomic E-state index is 1.06. The number of aryl methyl sites for hydroxylation is 3. The van der Waals surface area contributed by atoms with Crippen LogP contribution >= 0.6 is 0 Å². The molecule has 2 heteroatoms. The summed E-state index contributed by atoms with van der Waals surface area (Å²) >= 11 is 0. The molecule has 0 aromatic heterocycles. The first-order valence-electron chi connectivity index (χ1n) is 7.00. The van der Waals surface area contributed by atoms with Crippen LogP contribution in [0.1, 0.15) is 29.2 Å². The summed E-state index contributed by atoms with van der Waals surface area (Å²) < 4.78 is 0. The summed E-state index contributed by atoms with van der Waals surface area (Å²) in [5.74, 6) is 0. The second kappa shape index (κ2) is 7.55. The van der Waals surface area contributed by atoms with Crippen LogP contribution in [0.2, 0.25) is 0 Å². The van der Waals surface area contributed by atoms with Crippen LogP contribution in [0.25, 0.3) is 0 Å². The van der Waals surface area contributed by atoms with E-state index in [1.807, 2.05) is 0 Å². The van der Waals surface area contributed by atoms with Gasteiger partial charge in [0, 0.05) is 19.6 Å². The fourth-order valence-corrected chi connectivity index (χ4v) is 2.47. The summed E-state index contributed by atoms with van der Waals surface area (Å²) in [5.41, 5.74) is 5.77. The first-order chi connectivity index (χ1) is 8.54. The Bertz CT molecular complexity index is 348. The van der Waals surface area contributed by atoms with Gasteiger partial charge in [-0.3, -0.25) is 0 Å². The number of likely N-dealkylation sites (N-methyl/N-ethyl adjacent to an activating group) is 2. The van der Waals surface area contributed by atoms with Crippen LogP contribution in [-0.4, -0.2) is 38.1 Å². The van der Waals surface area contributed by atoms with Crippen molar-refractivity contribution in [3.63, 3.8) is 0 Å². The highest BCUT2D eigenvalue weighted by Gasteiger charge is 2.05. The van der Waals surface area contributed by atoms with Crippen molar-refractivity contribution in [2.75, 3.05) is 33.2 Å². The largest absolute Gasteiger partial charge is 0.316 e. The number of hydrogen-bond acceptors (Lipinski definition) is 2. The number of nitrogens with one attached hydrogen (secondary N) is 1. The lowest BCUT2D eigenvalue weighted by molar-refractivity contribution is 0.336. The number of benzene rings is 1. The van der Waals surface area contributed by atoms with E-state index in [-0.39, 0.29) is 0 Å². The van der Waals surface area contributed by atoms with E-state index in [2.05, 4.69) is 57.1 Å². The molecule has 0 unspecified atom stereocenters. The van der Waals surface area contributed by atoms with E-state index in [1.165, 1.54) is 22.3 Å². The van der Waals surface area contributed by atoms with Gasteiger partial charge in [0.15, 0.2) is 0 Å². The molecule has 0 heterocycles. The summed E-state index contributed by atoms with van der Waals surface area (Å²) in [4.78, 5) is 2.40. The Labute approximate surface area is 112 Å². The number of hydrogen-bond donors (Lipinski definition) is 1. The predicted octanol–water partition coefficient (Wildman–Crippen LogP) is 2.70. The summed E-state index contributed by atoms with van der Waals surface area (Å²) in [6.07, 6.45) is 1.15. The van der Waals surface area contributed by atoms with Gasteiger partial charge >= 0.3 is 0 Å². The Morgan fingerprint density at radius 2 is 1.67 bits per heavy atom. The third-order valence-corrected chi connectivity index (χ3v) is 3.50. The van der Waals surface area contributed by atoms with Crippen LogP contribution in [0.5, 0.6) is 0 Å². The summed E-state index contributed by atoms with van der Waals surface area (Å²) in [5, 5.41) is 3.37. The van der Waals surface area contributed by atoms with Gasteiger partial charge in [0.2, 0.25) is 0 Å². The van der Waals surface area contributed by atoms with Gasteiger partial charge in [-0.2, -0.15) is 0 Å². The van der Waals surface area contributed by atoms with Crippen LogP contribution in [0.15, 0.2) is 12.1 Å². The third kappa shape index (κ3) is 4.79. The van der Waals surface area contributed by atoms with Crippen LogP contribution in [0.3, 0.4) is 0 Å². The van der Waals surface area contributed by atoms with Crippen LogP contribution in [0, 0.1) is 20.8 Å². The van der Waals surface area contributed by atoms with Crippen LogP contribution in [0.4, 0.5) is 0 Å². The first-order valence-corrected chi connectivity index (χ1v) is 7.00. The standard InChI is InChI=1S/C16H28N2/c1-6-17-8-10-18(5)9-7-16-14(3)11-13(2)12-15(16)4/h11-12,17H,6-10H2,1-5H3. The lowest BCUT2D eigenvalue weighted by Crippen LogP contribution is -2.30. The highest BCUT2D eigenvalue weighted by molar-refractivity contribution is 5.37. The summed E-state index contributed by atoms with van der Waals surface area (Å²) in [6, 6.07) is 4.59. The molecule has 0 saturated carbocycles. The third-order valence-electron chi connectivity index (χ3n) is 3.50. The normalized spacial score (nSPS) is 11.2. The summed E-state index contributed by atoms with van der Waals surface area (Å²) in [7, 11) is 2.20. The molecule has 0 amide bonds. The fraction of sp³-hybridized carbons (Fsp3) is 0.625. The van der Waals surface area contributed by atoms with Crippen molar-refractivity contribution >= 4 is 0 Å². The maximum absolute atomic E-state index is 3.37. The minimum Gasteiger partial charge on any atom is -0.316 e. The molecule has 102 valence electrons. The molecule has 0 aliphatic heterocycles. The molecule has 1 N–H and O–H groups in total. The Kier molecular flexibility index (Phi) is 6.37. The molecule has 18 heavy (non-hydrogen) atoms. The molecule has 0 saturated heterocycles. The zero-order valence-electron chi connectivity index (χ0n) is 12.6. The summed E-state index contributed by atoms with van der Waals surface area (Å²) in [6.45, 7) is 13.2. The zero-order chi connectivity index (χ0) is 13.5. The molecule has 0 atom stereocenters. The van der Waals surface area contributed by atoms with Crippen molar-refractivity contribution < 1.29 is 0 Å². The van der Waals surface area contributed by atoms with Crippen molar-refractivity contribution in [2.24, 2.45) is 0 Å². The van der Waals surface area contributed by atoms with Crippen molar-refractivity contribution in [3.05, 3.63) is 34.4 Å². The first kappa shape index (κ1) is 15.2. The lowest BCUT2D eigenvalue weighted by atomic mass is 9.97. The molecule has 0 fully saturated rings. The van der Waals surface area contributed by atoms with Gasteiger partial charge in [0.1, 0.15) is 0 Å². The molecular formula is C16H28N2. The SMILES string of the molecule is CCNCCN(C)CCc1c(C)cc(C)cc1C. The second-order valence-corrected chi connectivity index (χ2v) is 5.28. The van der Waals surface area contributed by atoms with Gasteiger partial charge in [-0.25, -0.2) is 0 Å². The van der Waals surface area contributed by atoms with Crippen molar-refractivity contribution in [2.45, 2.75) is 34.1 Å². The van der Waals surface area contributed by atoms with Gasteiger partial charge in [-0.1, -0.05) is 24.6 Å². The van der Waals surface area contributed by atoms with Crippen molar-refractivity contribution in [1.29, 1.82) is 0 Å². The molecule has 0 aliphatic rings. The van der Waals surface area contributed by atoms with Gasteiger partial charge in [0.05, 0.1) is 0 Å². The second-order valence-electron chi connectivity index (χ2n) is 5.28. The number of rotatable bonds is 7. The van der Waals surface area contributed by atoms with E-state index in [0.717, 1.165) is 32.6 Å². The molecule has 0 bridgehead atoms. The monoisotopic (exact) mass is 248 g/mol. The molecule has 2 nitrogen and oxygen atoms in total. The quantitative estimate of drug-likeness (QED) is 0.746. The Morgan fingerprint density at radius 1 is 1.06 bits per heavy atom. The number of nitrogens with zero attached hydrogens (tertiary/aromatic N) is 1. The van der Waals surface area contributed by atoms with Crippen LogP contribution in [-0.2, 0) is 6.42 Å². The average Bonchev–Trinajstić information content (AvgIpc) is 2.27. The Balaban J connectivity index is 2.48. The van der Waals surface area contributed by atoms with E-state index in [9.17, 15) is 0 Å². The predicted molar refractivity (Wildman–Crippen MR) is 80.4 cm³/mol. The van der Waals surface area contributed by atoms with Gasteiger partial charge in [0.25, 0.3) is 0 Å². The van der Waals surface area contributed by atoms with E-state index in [1.54, 1.807) is 0 Å². The molecule has 1 aromatic carbocycles. The molecular weight excluding hydrogens is 220 g/mol. The topological polar surface area (TPSA) is 15.3 Å². The van der Waals surface area contributed by atoms with E-state index in [4.69, 9.17) is 0 Å². The fourth-order valence-electron chi connectivity index (χ4n) is 2.47. The smallest absolute Gasteiger partial charge is 0.0104 e. The van der Waals surface area contributed by atoms with Crippen molar-refractivity contribution in [1.82, 2.24) is 10.2 Å². The minimum absolute atomic E-state index is 1.06. The lowest BCUT2D eigenvalue weighted by Gasteiger charge is -2.18. The highest BCUT2D eigenvalue weighted by atomic mass is 15.1. The Hall–Kier alpha value is -0.860. The van der Waals surface area contributed by atoms with E-state index in [0.29, 0.717) is 0 Å².